The minimum Gasteiger partial charge on any atom is -0.475 e. The Bertz CT molecular complexity index is 821. The number of aromatic nitrogens is 1. The fourth-order valence-electron chi connectivity index (χ4n) is 4.04. The lowest BCUT2D eigenvalue weighted by molar-refractivity contribution is -0.155. The summed E-state index contributed by atoms with van der Waals surface area (Å²) < 4.78 is 16.7. The van der Waals surface area contributed by atoms with Gasteiger partial charge in [0.15, 0.2) is 0 Å². The SMILES string of the molecule is COCCOc1cc([C@@H](C)N(C(=O)[C@H]2CNC[C@@H](CO)O2)C2CC2)cc(CCCNC(=O)O)n1. The van der Waals surface area contributed by atoms with Crippen LogP contribution in [0.15, 0.2) is 12.1 Å². The van der Waals surface area contributed by atoms with E-state index in [1.165, 1.54) is 0 Å². The number of rotatable bonds is 13. The lowest BCUT2D eigenvalue weighted by atomic mass is 10.0. The van der Waals surface area contributed by atoms with Gasteiger partial charge in [-0.3, -0.25) is 4.79 Å². The maximum absolute atomic E-state index is 13.5. The molecule has 1 aromatic heterocycles. The van der Waals surface area contributed by atoms with Gasteiger partial charge in [-0.2, -0.15) is 0 Å². The van der Waals surface area contributed by atoms with E-state index in [1.807, 2.05) is 24.0 Å². The van der Waals surface area contributed by atoms with Gasteiger partial charge in [0.2, 0.25) is 5.88 Å². The molecule has 11 nitrogen and oxygen atoms in total. The third-order valence-corrected chi connectivity index (χ3v) is 5.93. The van der Waals surface area contributed by atoms with E-state index in [0.717, 1.165) is 24.1 Å². The average Bonchev–Trinajstić information content (AvgIpc) is 3.67. The fraction of sp³-hybridized carbons (Fsp3) is 0.696. The zero-order valence-corrected chi connectivity index (χ0v) is 19.9. The summed E-state index contributed by atoms with van der Waals surface area (Å²) in [5.74, 6) is 0.355. The standard InChI is InChI=1S/C23H36N4O7/c1-15(27(18-5-6-18)22(29)20-13-24-12-19(14-28)34-20)16-10-17(4-3-7-25-23(30)31)26-21(11-16)33-9-8-32-2/h10-11,15,18-20,24-25,28H,3-9,12-14H2,1-2H3,(H,30,31)/t15-,19+,20-/m1/s1. The van der Waals surface area contributed by atoms with E-state index in [1.54, 1.807) is 7.11 Å². The summed E-state index contributed by atoms with van der Waals surface area (Å²) in [7, 11) is 1.60. The number of nitrogens with one attached hydrogen (secondary N) is 2. The van der Waals surface area contributed by atoms with Crippen molar-refractivity contribution in [2.45, 2.75) is 56.9 Å². The molecule has 2 heterocycles. The molecule has 1 saturated heterocycles. The summed E-state index contributed by atoms with van der Waals surface area (Å²) in [6.45, 7) is 3.87. The summed E-state index contributed by atoms with van der Waals surface area (Å²) in [6.07, 6.45) is 0.934. The molecular weight excluding hydrogens is 444 g/mol. The molecule has 11 heteroatoms. The highest BCUT2D eigenvalue weighted by atomic mass is 16.5. The molecule has 190 valence electrons. The van der Waals surface area contributed by atoms with Crippen LogP contribution in [0.2, 0.25) is 0 Å². The summed E-state index contributed by atoms with van der Waals surface area (Å²) >= 11 is 0. The number of hydrogen-bond donors (Lipinski definition) is 4. The number of nitrogens with zero attached hydrogens (tertiary/aromatic N) is 2. The molecule has 0 spiro atoms. The lowest BCUT2D eigenvalue weighted by Crippen LogP contribution is -2.54. The average molecular weight is 481 g/mol. The van der Waals surface area contributed by atoms with E-state index >= 15 is 0 Å². The van der Waals surface area contributed by atoms with Crippen molar-refractivity contribution in [3.05, 3.63) is 23.4 Å². The zero-order valence-electron chi connectivity index (χ0n) is 19.9. The molecule has 2 amide bonds. The number of methoxy groups -OCH3 is 1. The number of morpholine rings is 1. The first kappa shape index (κ1) is 26.1. The molecule has 0 radical (unpaired) electrons. The van der Waals surface area contributed by atoms with Crippen LogP contribution in [0.1, 0.15) is 43.5 Å². The van der Waals surface area contributed by atoms with E-state index in [9.17, 15) is 14.7 Å². The Kier molecular flexibility index (Phi) is 9.87. The predicted molar refractivity (Wildman–Crippen MR) is 123 cm³/mol. The van der Waals surface area contributed by atoms with Crippen LogP contribution in [0.25, 0.3) is 0 Å². The van der Waals surface area contributed by atoms with Gasteiger partial charge < -0.3 is 40.0 Å². The molecule has 34 heavy (non-hydrogen) atoms. The second kappa shape index (κ2) is 12.8. The number of ether oxygens (including phenoxy) is 3. The highest BCUT2D eigenvalue weighted by Crippen LogP contribution is 2.36. The minimum atomic E-state index is -1.06. The Morgan fingerprint density at radius 1 is 1.32 bits per heavy atom. The highest BCUT2D eigenvalue weighted by molar-refractivity contribution is 5.82. The number of pyridine rings is 1. The Hall–Kier alpha value is -2.47. The summed E-state index contributed by atoms with van der Waals surface area (Å²) in [4.78, 5) is 30.6. The van der Waals surface area contributed by atoms with Crippen molar-refractivity contribution in [1.29, 1.82) is 0 Å². The van der Waals surface area contributed by atoms with Gasteiger partial charge >= 0.3 is 6.09 Å². The van der Waals surface area contributed by atoms with E-state index in [4.69, 9.17) is 19.3 Å². The monoisotopic (exact) mass is 480 g/mol. The molecule has 0 bridgehead atoms. The molecule has 4 N–H and O–H groups in total. The number of aliphatic hydroxyl groups is 1. The second-order valence-corrected chi connectivity index (χ2v) is 8.65. The van der Waals surface area contributed by atoms with E-state index in [2.05, 4.69) is 15.6 Å². The van der Waals surface area contributed by atoms with Gasteiger partial charge in [-0.05, 0) is 44.2 Å². The largest absolute Gasteiger partial charge is 0.475 e. The topological polar surface area (TPSA) is 142 Å². The maximum Gasteiger partial charge on any atom is 0.404 e. The van der Waals surface area contributed by atoms with Gasteiger partial charge in [0.25, 0.3) is 5.91 Å². The molecule has 1 aliphatic carbocycles. The van der Waals surface area contributed by atoms with Crippen molar-refractivity contribution >= 4 is 12.0 Å². The Balaban J connectivity index is 1.77. The number of carbonyl (C=O) groups is 2. The number of amides is 2. The molecule has 1 saturated carbocycles. The van der Waals surface area contributed by atoms with Crippen LogP contribution < -0.4 is 15.4 Å². The summed E-state index contributed by atoms with van der Waals surface area (Å²) in [5, 5.41) is 23.8. The fourth-order valence-corrected chi connectivity index (χ4v) is 4.04. The predicted octanol–water partition coefficient (Wildman–Crippen LogP) is 0.708. The number of aliphatic hydroxyl groups excluding tert-OH is 1. The van der Waals surface area contributed by atoms with Gasteiger partial charge in [-0.15, -0.1) is 0 Å². The quantitative estimate of drug-likeness (QED) is 0.300. The van der Waals surface area contributed by atoms with Crippen LogP contribution in [0.5, 0.6) is 5.88 Å². The van der Waals surface area contributed by atoms with Gasteiger partial charge in [0, 0.05) is 44.5 Å². The van der Waals surface area contributed by atoms with E-state index < -0.39 is 18.3 Å². The van der Waals surface area contributed by atoms with Crippen LogP contribution in [-0.4, -0.2) is 96.9 Å². The van der Waals surface area contributed by atoms with E-state index in [-0.39, 0.29) is 24.6 Å². The Labute approximate surface area is 199 Å². The first-order valence-corrected chi connectivity index (χ1v) is 11.8. The van der Waals surface area contributed by atoms with Gasteiger partial charge in [0.1, 0.15) is 12.7 Å². The van der Waals surface area contributed by atoms with Crippen molar-refractivity contribution in [3.63, 3.8) is 0 Å². The molecule has 1 aliphatic heterocycles. The normalized spacial score (nSPS) is 21.0. The summed E-state index contributed by atoms with van der Waals surface area (Å²) in [5.41, 5.74) is 1.66. The number of aryl methyl sites for hydroxylation is 1. The van der Waals surface area contributed by atoms with Crippen molar-refractivity contribution in [2.75, 3.05) is 46.6 Å². The molecule has 3 rings (SSSR count). The third-order valence-electron chi connectivity index (χ3n) is 5.93. The van der Waals surface area contributed by atoms with Crippen LogP contribution in [-0.2, 0) is 20.7 Å². The molecule has 2 aliphatic rings. The van der Waals surface area contributed by atoms with Crippen LogP contribution in [0, 0.1) is 0 Å². The molecule has 0 aromatic carbocycles. The first-order valence-electron chi connectivity index (χ1n) is 11.8. The van der Waals surface area contributed by atoms with Crippen molar-refractivity contribution in [2.24, 2.45) is 0 Å². The Morgan fingerprint density at radius 3 is 2.79 bits per heavy atom. The Morgan fingerprint density at radius 2 is 2.12 bits per heavy atom. The lowest BCUT2D eigenvalue weighted by Gasteiger charge is -2.36. The van der Waals surface area contributed by atoms with E-state index in [0.29, 0.717) is 51.6 Å². The minimum absolute atomic E-state index is 0.0912. The van der Waals surface area contributed by atoms with Crippen molar-refractivity contribution in [3.8, 4) is 5.88 Å². The number of carboxylic acid groups (broad SMARTS) is 1. The van der Waals surface area contributed by atoms with Crippen molar-refractivity contribution in [1.82, 2.24) is 20.5 Å². The molecule has 3 atom stereocenters. The molecular formula is C23H36N4O7. The van der Waals surface area contributed by atoms with Crippen LogP contribution >= 0.6 is 0 Å². The number of carbonyl (C=O) groups excluding carboxylic acids is 1. The first-order chi connectivity index (χ1) is 16.4. The highest BCUT2D eigenvalue weighted by Gasteiger charge is 2.41. The third kappa shape index (κ3) is 7.52. The van der Waals surface area contributed by atoms with Crippen LogP contribution in [0.4, 0.5) is 4.79 Å². The number of hydrogen-bond acceptors (Lipinski definition) is 8. The maximum atomic E-state index is 13.5. The van der Waals surface area contributed by atoms with Crippen molar-refractivity contribution < 1.29 is 34.0 Å². The molecule has 0 unspecified atom stereocenters. The molecule has 2 fully saturated rings. The summed E-state index contributed by atoms with van der Waals surface area (Å²) in [6, 6.07) is 3.71. The molecule has 1 aromatic rings. The van der Waals surface area contributed by atoms with Gasteiger partial charge in [-0.25, -0.2) is 9.78 Å². The second-order valence-electron chi connectivity index (χ2n) is 8.65. The smallest absolute Gasteiger partial charge is 0.404 e. The zero-order chi connectivity index (χ0) is 24.5. The van der Waals surface area contributed by atoms with Gasteiger partial charge in [0.05, 0.1) is 25.4 Å². The van der Waals surface area contributed by atoms with Crippen LogP contribution in [0.3, 0.4) is 0 Å². The van der Waals surface area contributed by atoms with Gasteiger partial charge in [-0.1, -0.05) is 0 Å².